The third kappa shape index (κ3) is 2.44. The summed E-state index contributed by atoms with van der Waals surface area (Å²) in [5.74, 6) is 1.34. The van der Waals surface area contributed by atoms with Crippen molar-refractivity contribution in [3.8, 4) is 11.4 Å². The fourth-order valence-corrected chi connectivity index (χ4v) is 1.91. The molecule has 0 atom stereocenters. The van der Waals surface area contributed by atoms with Crippen molar-refractivity contribution in [2.45, 2.75) is 6.54 Å². The number of nitrogens with zero attached hydrogens (tertiary/aromatic N) is 4. The van der Waals surface area contributed by atoms with E-state index in [4.69, 9.17) is 5.73 Å². The van der Waals surface area contributed by atoms with Crippen LogP contribution in [-0.2, 0) is 6.54 Å². The van der Waals surface area contributed by atoms with Crippen LogP contribution in [0.5, 0.6) is 0 Å². The molecule has 2 aromatic heterocycles. The van der Waals surface area contributed by atoms with Crippen LogP contribution in [-0.4, -0.2) is 19.5 Å². The van der Waals surface area contributed by atoms with E-state index in [2.05, 4.69) is 15.0 Å². The third-order valence-electron chi connectivity index (χ3n) is 2.81. The standard InChI is InChI=1S/C14H13N5/c15-13-9-17-12(8-18-13)10-19-7-6-16-14(19)11-4-2-1-3-5-11/h1-9H,10H2,(H2,15,18). The molecule has 3 aromatic rings. The monoisotopic (exact) mass is 251 g/mol. The molecular weight excluding hydrogens is 238 g/mol. The fourth-order valence-electron chi connectivity index (χ4n) is 1.91. The molecular formula is C14H13N5. The number of imidazole rings is 1. The van der Waals surface area contributed by atoms with Gasteiger partial charge in [0.25, 0.3) is 0 Å². The average Bonchev–Trinajstić information content (AvgIpc) is 2.90. The Morgan fingerprint density at radius 3 is 2.58 bits per heavy atom. The van der Waals surface area contributed by atoms with E-state index in [1.54, 1.807) is 18.6 Å². The van der Waals surface area contributed by atoms with Gasteiger partial charge in [-0.3, -0.25) is 4.98 Å². The maximum Gasteiger partial charge on any atom is 0.141 e. The minimum Gasteiger partial charge on any atom is -0.382 e. The van der Waals surface area contributed by atoms with E-state index in [1.807, 2.05) is 41.1 Å². The second-order valence-corrected chi connectivity index (χ2v) is 4.18. The predicted molar refractivity (Wildman–Crippen MR) is 73.2 cm³/mol. The number of rotatable bonds is 3. The highest BCUT2D eigenvalue weighted by molar-refractivity contribution is 5.55. The first-order chi connectivity index (χ1) is 9.33. The van der Waals surface area contributed by atoms with Crippen LogP contribution in [0.15, 0.2) is 55.1 Å². The first kappa shape index (κ1) is 11.4. The van der Waals surface area contributed by atoms with Crippen LogP contribution in [0.2, 0.25) is 0 Å². The van der Waals surface area contributed by atoms with E-state index in [0.717, 1.165) is 17.1 Å². The van der Waals surface area contributed by atoms with Crippen LogP contribution in [0.4, 0.5) is 5.82 Å². The summed E-state index contributed by atoms with van der Waals surface area (Å²) in [4.78, 5) is 12.7. The lowest BCUT2D eigenvalue weighted by molar-refractivity contribution is 0.776. The zero-order valence-electron chi connectivity index (χ0n) is 10.3. The van der Waals surface area contributed by atoms with E-state index < -0.39 is 0 Å². The van der Waals surface area contributed by atoms with Gasteiger partial charge < -0.3 is 10.3 Å². The van der Waals surface area contributed by atoms with Crippen LogP contribution < -0.4 is 5.73 Å². The summed E-state index contributed by atoms with van der Waals surface area (Å²) in [5.41, 5.74) is 7.46. The van der Waals surface area contributed by atoms with E-state index >= 15 is 0 Å². The van der Waals surface area contributed by atoms with Gasteiger partial charge in [0.1, 0.15) is 11.6 Å². The van der Waals surface area contributed by atoms with Gasteiger partial charge in [0.05, 0.1) is 24.6 Å². The topological polar surface area (TPSA) is 69.6 Å². The summed E-state index contributed by atoms with van der Waals surface area (Å²) < 4.78 is 2.04. The van der Waals surface area contributed by atoms with Crippen LogP contribution in [0.25, 0.3) is 11.4 Å². The molecule has 0 saturated heterocycles. The fraction of sp³-hybridized carbons (Fsp3) is 0.0714. The zero-order valence-corrected chi connectivity index (χ0v) is 10.3. The van der Waals surface area contributed by atoms with E-state index in [1.165, 1.54) is 0 Å². The average molecular weight is 251 g/mol. The van der Waals surface area contributed by atoms with Crippen molar-refractivity contribution in [3.63, 3.8) is 0 Å². The third-order valence-corrected chi connectivity index (χ3v) is 2.81. The van der Waals surface area contributed by atoms with Crippen molar-refractivity contribution in [3.05, 3.63) is 60.8 Å². The Hall–Kier alpha value is -2.69. The Morgan fingerprint density at radius 1 is 1.00 bits per heavy atom. The van der Waals surface area contributed by atoms with Gasteiger partial charge >= 0.3 is 0 Å². The molecule has 0 amide bonds. The largest absolute Gasteiger partial charge is 0.382 e. The van der Waals surface area contributed by atoms with Gasteiger partial charge in [0.2, 0.25) is 0 Å². The Balaban J connectivity index is 1.91. The van der Waals surface area contributed by atoms with Gasteiger partial charge in [-0.2, -0.15) is 0 Å². The van der Waals surface area contributed by atoms with E-state index in [0.29, 0.717) is 12.4 Å². The molecule has 2 heterocycles. The van der Waals surface area contributed by atoms with Gasteiger partial charge in [-0.05, 0) is 0 Å². The summed E-state index contributed by atoms with van der Waals surface area (Å²) >= 11 is 0. The van der Waals surface area contributed by atoms with Gasteiger partial charge in [-0.25, -0.2) is 9.97 Å². The number of hydrogen-bond acceptors (Lipinski definition) is 4. The zero-order chi connectivity index (χ0) is 13.1. The number of benzene rings is 1. The molecule has 0 saturated carbocycles. The van der Waals surface area contributed by atoms with Crippen molar-refractivity contribution >= 4 is 5.82 Å². The molecule has 19 heavy (non-hydrogen) atoms. The lowest BCUT2D eigenvalue weighted by Crippen LogP contribution is -2.04. The van der Waals surface area contributed by atoms with Gasteiger partial charge in [0, 0.05) is 18.0 Å². The molecule has 0 aliphatic heterocycles. The lowest BCUT2D eigenvalue weighted by Gasteiger charge is -2.07. The van der Waals surface area contributed by atoms with Crippen molar-refractivity contribution in [1.82, 2.24) is 19.5 Å². The SMILES string of the molecule is Nc1cnc(Cn2ccnc2-c2ccccc2)cn1. The smallest absolute Gasteiger partial charge is 0.141 e. The molecule has 0 aliphatic carbocycles. The van der Waals surface area contributed by atoms with Gasteiger partial charge in [-0.15, -0.1) is 0 Å². The highest BCUT2D eigenvalue weighted by Crippen LogP contribution is 2.17. The van der Waals surface area contributed by atoms with Gasteiger partial charge in [-0.1, -0.05) is 30.3 Å². The molecule has 0 aliphatic rings. The second-order valence-electron chi connectivity index (χ2n) is 4.18. The Morgan fingerprint density at radius 2 is 1.84 bits per heavy atom. The van der Waals surface area contributed by atoms with E-state index in [9.17, 15) is 0 Å². The number of nitrogen functional groups attached to an aromatic ring is 1. The molecule has 5 heteroatoms. The first-order valence-corrected chi connectivity index (χ1v) is 5.96. The van der Waals surface area contributed by atoms with Crippen LogP contribution >= 0.6 is 0 Å². The molecule has 94 valence electrons. The number of nitrogens with two attached hydrogens (primary N) is 1. The van der Waals surface area contributed by atoms with Crippen molar-refractivity contribution in [2.75, 3.05) is 5.73 Å². The minimum atomic E-state index is 0.428. The maximum absolute atomic E-state index is 5.53. The molecule has 0 fully saturated rings. The molecule has 5 nitrogen and oxygen atoms in total. The van der Waals surface area contributed by atoms with Crippen molar-refractivity contribution in [1.29, 1.82) is 0 Å². The van der Waals surface area contributed by atoms with Crippen LogP contribution in [0.3, 0.4) is 0 Å². The van der Waals surface area contributed by atoms with E-state index in [-0.39, 0.29) is 0 Å². The Bertz CT molecular complexity index is 658. The second kappa shape index (κ2) is 4.89. The van der Waals surface area contributed by atoms with Gasteiger partial charge in [0.15, 0.2) is 0 Å². The normalized spacial score (nSPS) is 10.5. The Kier molecular flexibility index (Phi) is 2.94. The molecule has 3 rings (SSSR count). The van der Waals surface area contributed by atoms with Crippen molar-refractivity contribution in [2.24, 2.45) is 0 Å². The Labute approximate surface area is 110 Å². The highest BCUT2D eigenvalue weighted by Gasteiger charge is 2.06. The summed E-state index contributed by atoms with van der Waals surface area (Å²) in [5, 5.41) is 0. The van der Waals surface area contributed by atoms with Crippen LogP contribution in [0.1, 0.15) is 5.69 Å². The molecule has 0 bridgehead atoms. The maximum atomic E-state index is 5.53. The molecule has 2 N–H and O–H groups in total. The summed E-state index contributed by atoms with van der Waals surface area (Å²) in [7, 11) is 0. The lowest BCUT2D eigenvalue weighted by atomic mass is 10.2. The number of anilines is 1. The molecule has 0 unspecified atom stereocenters. The first-order valence-electron chi connectivity index (χ1n) is 5.96. The highest BCUT2D eigenvalue weighted by atomic mass is 15.1. The van der Waals surface area contributed by atoms with Crippen molar-refractivity contribution < 1.29 is 0 Å². The molecule has 0 spiro atoms. The molecule has 1 aromatic carbocycles. The molecule has 0 radical (unpaired) electrons. The number of aromatic nitrogens is 4. The summed E-state index contributed by atoms with van der Waals surface area (Å²) in [6.07, 6.45) is 6.96. The van der Waals surface area contributed by atoms with Crippen LogP contribution in [0, 0.1) is 0 Å². The summed E-state index contributed by atoms with van der Waals surface area (Å²) in [6.45, 7) is 0.623. The predicted octanol–water partition coefficient (Wildman–Crippen LogP) is 1.97. The minimum absolute atomic E-state index is 0.428. The quantitative estimate of drug-likeness (QED) is 0.772. The number of hydrogen-bond donors (Lipinski definition) is 1. The summed E-state index contributed by atoms with van der Waals surface area (Å²) in [6, 6.07) is 10.1.